The van der Waals surface area contributed by atoms with Crippen molar-refractivity contribution in [2.45, 2.75) is 33.1 Å². The summed E-state index contributed by atoms with van der Waals surface area (Å²) in [6.45, 7) is 9.65. The Balaban J connectivity index is 0.000000244. The molecule has 240 valence electrons. The molecule has 0 aliphatic carbocycles. The van der Waals surface area contributed by atoms with Gasteiger partial charge in [-0.2, -0.15) is 0 Å². The summed E-state index contributed by atoms with van der Waals surface area (Å²) in [5.74, 6) is 0. The molecule has 0 spiro atoms. The number of rotatable bonds is 4. The van der Waals surface area contributed by atoms with Gasteiger partial charge in [-0.15, -0.1) is 0 Å². The summed E-state index contributed by atoms with van der Waals surface area (Å²) in [4.78, 5) is 4.27. The number of nitrogens with two attached hydrogens (primary N) is 1. The van der Waals surface area contributed by atoms with Crippen molar-refractivity contribution in [3.8, 4) is 22.3 Å². The van der Waals surface area contributed by atoms with Gasteiger partial charge in [-0.05, 0) is 95.8 Å². The number of benzene rings is 7. The quantitative estimate of drug-likeness (QED) is 0.192. The molecule has 0 radical (unpaired) electrons. The Hall–Kier alpha value is -5.73. The van der Waals surface area contributed by atoms with Gasteiger partial charge in [0.25, 0.3) is 0 Å². The summed E-state index contributed by atoms with van der Waals surface area (Å²) in [5.41, 5.74) is 17.1. The second kappa shape index (κ2) is 13.4. The maximum atomic E-state index is 6.39. The maximum absolute atomic E-state index is 6.39. The van der Waals surface area contributed by atoms with Crippen molar-refractivity contribution in [3.63, 3.8) is 0 Å². The fraction of sp³-hybridized carbons (Fsp3) is 0.128. The first-order chi connectivity index (χ1) is 23.7. The average molecular weight is 635 g/mol. The zero-order chi connectivity index (χ0) is 34.0. The van der Waals surface area contributed by atoms with Crippen molar-refractivity contribution in [2.75, 3.05) is 6.54 Å². The summed E-state index contributed by atoms with van der Waals surface area (Å²) in [5, 5.41) is 7.91. The van der Waals surface area contributed by atoms with Gasteiger partial charge in [0, 0.05) is 11.9 Å². The van der Waals surface area contributed by atoms with Crippen molar-refractivity contribution >= 4 is 44.2 Å². The van der Waals surface area contributed by atoms with E-state index in [4.69, 9.17) is 5.73 Å². The number of hydrogen-bond acceptors (Lipinski definition) is 2. The first-order valence-corrected chi connectivity index (χ1v) is 17.0. The maximum Gasteiger partial charge on any atom is 0.0639 e. The Kier molecular flexibility index (Phi) is 8.72. The van der Waals surface area contributed by atoms with E-state index in [0.29, 0.717) is 6.54 Å². The molecule has 0 atom stereocenters. The fourth-order valence-corrected chi connectivity index (χ4v) is 6.56. The van der Waals surface area contributed by atoms with Crippen LogP contribution in [0.3, 0.4) is 0 Å². The van der Waals surface area contributed by atoms with E-state index in [1.807, 2.05) is 30.5 Å². The monoisotopic (exact) mass is 634 g/mol. The molecule has 8 rings (SSSR count). The lowest BCUT2D eigenvalue weighted by Crippen LogP contribution is -2.10. The molecule has 2 nitrogen and oxygen atoms in total. The van der Waals surface area contributed by atoms with Gasteiger partial charge in [-0.25, -0.2) is 0 Å². The van der Waals surface area contributed by atoms with E-state index < -0.39 is 0 Å². The Bertz CT molecular complexity index is 2340. The van der Waals surface area contributed by atoms with Gasteiger partial charge in [0.2, 0.25) is 0 Å². The molecule has 2 N–H and O–H groups in total. The third kappa shape index (κ3) is 6.82. The first-order valence-electron chi connectivity index (χ1n) is 17.0. The number of hydrogen-bond donors (Lipinski definition) is 1. The Morgan fingerprint density at radius 1 is 0.673 bits per heavy atom. The van der Waals surface area contributed by atoms with Crippen LogP contribution in [-0.2, 0) is 5.41 Å². The Labute approximate surface area is 290 Å². The van der Waals surface area contributed by atoms with E-state index >= 15 is 0 Å². The van der Waals surface area contributed by atoms with Crippen LogP contribution in [0.25, 0.3) is 60.3 Å². The summed E-state index contributed by atoms with van der Waals surface area (Å²) >= 11 is 0. The molecule has 0 aromatic heterocycles. The highest BCUT2D eigenvalue weighted by Crippen LogP contribution is 2.41. The Morgan fingerprint density at radius 2 is 1.31 bits per heavy atom. The zero-order valence-electron chi connectivity index (χ0n) is 28.7. The number of dihydropyridines is 1. The number of allylic oxidation sites excluding steroid dienone is 3. The minimum atomic E-state index is 0.116. The molecular weight excluding hydrogens is 593 g/mol. The van der Waals surface area contributed by atoms with Crippen LogP contribution >= 0.6 is 0 Å². The number of aryl methyl sites for hydroxylation is 1. The molecule has 0 saturated carbocycles. The van der Waals surface area contributed by atoms with E-state index in [2.05, 4.69) is 160 Å². The third-order valence-corrected chi connectivity index (χ3v) is 9.41. The van der Waals surface area contributed by atoms with Crippen LogP contribution in [-0.4, -0.2) is 12.8 Å². The lowest BCUT2D eigenvalue weighted by atomic mass is 9.83. The Morgan fingerprint density at radius 3 is 1.98 bits per heavy atom. The van der Waals surface area contributed by atoms with E-state index in [-0.39, 0.29) is 5.41 Å². The normalized spacial score (nSPS) is 14.1. The standard InChI is InChI=1S/C34H30N2.C13H12/c1-34(2,3)28-19-26-12-11-25-13-15-29(30-16-14-27(20-28)32(26)33(25)30)23-7-9-24(10-8-23)31(35)17-6-22-5-4-18-36-21-22;1-11-7-9-13(10-8-11)12-5-3-2-4-6-12/h4-20H,21,35H2,1-3H3;2-10H,1H3/b22-6-,31-17-;. The smallest absolute Gasteiger partial charge is 0.0639 e. The summed E-state index contributed by atoms with van der Waals surface area (Å²) < 4.78 is 0. The summed E-state index contributed by atoms with van der Waals surface area (Å²) in [7, 11) is 0. The molecule has 1 heterocycles. The van der Waals surface area contributed by atoms with Crippen molar-refractivity contribution in [1.82, 2.24) is 0 Å². The van der Waals surface area contributed by atoms with Crippen molar-refractivity contribution in [3.05, 3.63) is 174 Å². The highest BCUT2D eigenvalue weighted by atomic mass is 14.7. The summed E-state index contributed by atoms with van der Waals surface area (Å²) in [6, 6.07) is 45.9. The number of nitrogens with zero attached hydrogens (tertiary/aromatic N) is 1. The molecule has 0 amide bonds. The molecular formula is C47H42N2. The van der Waals surface area contributed by atoms with Gasteiger partial charge in [0.15, 0.2) is 0 Å². The fourth-order valence-electron chi connectivity index (χ4n) is 6.56. The largest absolute Gasteiger partial charge is 0.398 e. The molecule has 1 aliphatic rings. The first kappa shape index (κ1) is 31.8. The minimum Gasteiger partial charge on any atom is -0.398 e. The van der Waals surface area contributed by atoms with Crippen LogP contribution in [0.15, 0.2) is 162 Å². The van der Waals surface area contributed by atoms with Gasteiger partial charge >= 0.3 is 0 Å². The van der Waals surface area contributed by atoms with Gasteiger partial charge in [-0.1, -0.05) is 166 Å². The predicted molar refractivity (Wildman–Crippen MR) is 214 cm³/mol. The molecule has 0 unspecified atom stereocenters. The SMILES string of the molecule is CC(C)(C)c1cc2ccc3ccc(-c4ccc(/C(N)=C/C=C5/C=CC=NC5)cc4)c4ccc(c1)c2c34.Cc1ccc(-c2ccccc2)cc1. The minimum absolute atomic E-state index is 0.116. The third-order valence-electron chi connectivity index (χ3n) is 9.41. The van der Waals surface area contributed by atoms with Gasteiger partial charge in [0.1, 0.15) is 0 Å². The number of aliphatic imine (C=N–C) groups is 1. The van der Waals surface area contributed by atoms with Crippen LogP contribution in [0.2, 0.25) is 0 Å². The van der Waals surface area contributed by atoms with Crippen LogP contribution in [0.4, 0.5) is 0 Å². The van der Waals surface area contributed by atoms with Crippen LogP contribution < -0.4 is 5.73 Å². The van der Waals surface area contributed by atoms with Gasteiger partial charge < -0.3 is 5.73 Å². The predicted octanol–water partition coefficient (Wildman–Crippen LogP) is 12.1. The van der Waals surface area contributed by atoms with Crippen molar-refractivity contribution in [2.24, 2.45) is 10.7 Å². The van der Waals surface area contributed by atoms with E-state index in [1.54, 1.807) is 0 Å². The average Bonchev–Trinajstić information content (AvgIpc) is 3.13. The molecule has 0 bridgehead atoms. The molecule has 7 aromatic rings. The van der Waals surface area contributed by atoms with Crippen molar-refractivity contribution < 1.29 is 0 Å². The van der Waals surface area contributed by atoms with Crippen LogP contribution in [0, 0.1) is 6.92 Å². The highest BCUT2D eigenvalue weighted by Gasteiger charge is 2.18. The van der Waals surface area contributed by atoms with Crippen LogP contribution in [0.5, 0.6) is 0 Å². The van der Waals surface area contributed by atoms with Gasteiger partial charge in [-0.3, -0.25) is 4.99 Å². The molecule has 49 heavy (non-hydrogen) atoms. The molecule has 2 heteroatoms. The van der Waals surface area contributed by atoms with E-state index in [1.165, 1.54) is 65.7 Å². The summed E-state index contributed by atoms with van der Waals surface area (Å²) in [6.07, 6.45) is 9.86. The highest BCUT2D eigenvalue weighted by molar-refractivity contribution is 6.25. The molecule has 0 fully saturated rings. The zero-order valence-corrected chi connectivity index (χ0v) is 28.7. The van der Waals surface area contributed by atoms with Crippen molar-refractivity contribution in [1.29, 1.82) is 0 Å². The second-order valence-corrected chi connectivity index (χ2v) is 14.0. The lowest BCUT2D eigenvalue weighted by molar-refractivity contribution is 0.591. The second-order valence-electron chi connectivity index (χ2n) is 14.0. The molecule has 0 saturated heterocycles. The lowest BCUT2D eigenvalue weighted by Gasteiger charge is -2.22. The van der Waals surface area contributed by atoms with Gasteiger partial charge in [0.05, 0.1) is 6.54 Å². The van der Waals surface area contributed by atoms with E-state index in [0.717, 1.165) is 16.8 Å². The van der Waals surface area contributed by atoms with E-state index in [9.17, 15) is 0 Å². The molecule has 1 aliphatic heterocycles. The van der Waals surface area contributed by atoms with Crippen LogP contribution in [0.1, 0.15) is 37.5 Å². The molecule has 7 aromatic carbocycles. The topological polar surface area (TPSA) is 38.4 Å².